The van der Waals surface area contributed by atoms with Crippen LogP contribution in [0.3, 0.4) is 0 Å². The van der Waals surface area contributed by atoms with Gasteiger partial charge in [-0.3, -0.25) is 9.59 Å². The van der Waals surface area contributed by atoms with Gasteiger partial charge in [-0.25, -0.2) is 0 Å². The van der Waals surface area contributed by atoms with E-state index in [2.05, 4.69) is 17.6 Å². The van der Waals surface area contributed by atoms with Gasteiger partial charge < -0.3 is 15.4 Å². The van der Waals surface area contributed by atoms with E-state index in [1.165, 1.54) is 6.92 Å². The summed E-state index contributed by atoms with van der Waals surface area (Å²) in [4.78, 5) is 24.2. The molecule has 0 aliphatic heterocycles. The summed E-state index contributed by atoms with van der Waals surface area (Å²) in [6.45, 7) is 5.48. The number of nitrogens with one attached hydrogen (secondary N) is 2. The molecule has 138 valence electrons. The van der Waals surface area contributed by atoms with Gasteiger partial charge >= 0.3 is 0 Å². The third-order valence-corrected chi connectivity index (χ3v) is 4.29. The van der Waals surface area contributed by atoms with Crippen LogP contribution in [0.4, 0.5) is 5.69 Å². The maximum absolute atomic E-state index is 12.6. The first-order chi connectivity index (χ1) is 12.4. The smallest absolute Gasteiger partial charge is 0.226 e. The number of carbonyl (C=O) groups excluding carboxylic acids is 2. The van der Waals surface area contributed by atoms with Crippen LogP contribution in [0, 0.1) is 6.92 Å². The van der Waals surface area contributed by atoms with E-state index < -0.39 is 6.04 Å². The highest BCUT2D eigenvalue weighted by molar-refractivity contribution is 5.93. The van der Waals surface area contributed by atoms with Crippen LogP contribution in [0.5, 0.6) is 5.75 Å². The zero-order chi connectivity index (χ0) is 19.1. The first-order valence-electron chi connectivity index (χ1n) is 8.74. The molecule has 1 unspecified atom stereocenters. The van der Waals surface area contributed by atoms with Crippen molar-refractivity contribution in [2.45, 2.75) is 39.7 Å². The van der Waals surface area contributed by atoms with E-state index in [9.17, 15) is 9.59 Å². The van der Waals surface area contributed by atoms with Crippen LogP contribution in [0.15, 0.2) is 42.5 Å². The molecule has 0 aliphatic carbocycles. The molecule has 0 bridgehead atoms. The lowest BCUT2D eigenvalue weighted by Gasteiger charge is -2.19. The largest absolute Gasteiger partial charge is 0.497 e. The number of methoxy groups -OCH3 is 1. The number of aryl methyl sites for hydroxylation is 2. The Hall–Kier alpha value is -2.82. The topological polar surface area (TPSA) is 67.4 Å². The number of hydrogen-bond acceptors (Lipinski definition) is 3. The van der Waals surface area contributed by atoms with Crippen LogP contribution in [0.25, 0.3) is 0 Å². The van der Waals surface area contributed by atoms with Gasteiger partial charge in [0.05, 0.1) is 19.6 Å². The number of carbonyl (C=O) groups is 2. The van der Waals surface area contributed by atoms with Crippen LogP contribution in [0.1, 0.15) is 43.0 Å². The van der Waals surface area contributed by atoms with Crippen LogP contribution in [0.2, 0.25) is 0 Å². The van der Waals surface area contributed by atoms with E-state index in [0.29, 0.717) is 0 Å². The van der Waals surface area contributed by atoms with E-state index in [0.717, 1.165) is 34.5 Å². The minimum Gasteiger partial charge on any atom is -0.497 e. The maximum Gasteiger partial charge on any atom is 0.226 e. The summed E-state index contributed by atoms with van der Waals surface area (Å²) in [5.74, 6) is 0.416. The Kier molecular flexibility index (Phi) is 6.78. The van der Waals surface area contributed by atoms with Crippen LogP contribution >= 0.6 is 0 Å². The Bertz CT molecular complexity index is 769. The van der Waals surface area contributed by atoms with E-state index in [1.54, 1.807) is 7.11 Å². The number of benzene rings is 2. The zero-order valence-electron chi connectivity index (χ0n) is 15.8. The Morgan fingerprint density at radius 2 is 1.81 bits per heavy atom. The number of amides is 2. The quantitative estimate of drug-likeness (QED) is 0.795. The van der Waals surface area contributed by atoms with Crippen molar-refractivity contribution in [1.82, 2.24) is 5.32 Å². The summed E-state index contributed by atoms with van der Waals surface area (Å²) >= 11 is 0. The predicted molar refractivity (Wildman–Crippen MR) is 103 cm³/mol. The van der Waals surface area contributed by atoms with Crippen LogP contribution in [-0.4, -0.2) is 18.9 Å². The maximum atomic E-state index is 12.6. The Balaban J connectivity index is 2.17. The van der Waals surface area contributed by atoms with Crippen molar-refractivity contribution < 1.29 is 14.3 Å². The lowest BCUT2D eigenvalue weighted by molar-refractivity contribution is -0.120. The van der Waals surface area contributed by atoms with Gasteiger partial charge in [0.2, 0.25) is 11.8 Å². The van der Waals surface area contributed by atoms with Crippen molar-refractivity contribution in [3.63, 3.8) is 0 Å². The molecule has 0 aromatic heterocycles. The highest BCUT2D eigenvalue weighted by Gasteiger charge is 2.18. The lowest BCUT2D eigenvalue weighted by Crippen LogP contribution is -2.30. The second-order valence-electron chi connectivity index (χ2n) is 6.24. The summed E-state index contributed by atoms with van der Waals surface area (Å²) in [5, 5.41) is 5.86. The number of ether oxygens (including phenoxy) is 1. The van der Waals surface area contributed by atoms with E-state index >= 15 is 0 Å². The monoisotopic (exact) mass is 354 g/mol. The zero-order valence-corrected chi connectivity index (χ0v) is 15.8. The van der Waals surface area contributed by atoms with E-state index in [4.69, 9.17) is 4.74 Å². The molecule has 5 nitrogen and oxygen atoms in total. The Labute approximate surface area is 154 Å². The molecule has 2 rings (SSSR count). The van der Waals surface area contributed by atoms with E-state index in [-0.39, 0.29) is 18.2 Å². The van der Waals surface area contributed by atoms with E-state index in [1.807, 2.05) is 49.4 Å². The molecule has 0 heterocycles. The van der Waals surface area contributed by atoms with Gasteiger partial charge in [-0.2, -0.15) is 0 Å². The van der Waals surface area contributed by atoms with Gasteiger partial charge in [0.1, 0.15) is 5.75 Å². The molecule has 2 aromatic carbocycles. The van der Waals surface area contributed by atoms with Crippen molar-refractivity contribution in [1.29, 1.82) is 0 Å². The fourth-order valence-electron chi connectivity index (χ4n) is 2.91. The standard InChI is InChI=1S/C21H26N2O3/c1-5-16-8-6-7-14(2)21(16)23-20(25)13-19(22-15(3)24)17-9-11-18(26-4)12-10-17/h6-12,19H,5,13H2,1-4H3,(H,22,24)(H,23,25). The van der Waals surface area contributed by atoms with Gasteiger partial charge in [-0.15, -0.1) is 0 Å². The molecule has 0 spiro atoms. The molecule has 2 N–H and O–H groups in total. The molecule has 5 heteroatoms. The Morgan fingerprint density at radius 1 is 1.12 bits per heavy atom. The number of rotatable bonds is 7. The fourth-order valence-corrected chi connectivity index (χ4v) is 2.91. The molecule has 2 aromatic rings. The summed E-state index contributed by atoms with van der Waals surface area (Å²) in [5.41, 5.74) is 3.84. The molecular weight excluding hydrogens is 328 g/mol. The molecule has 0 fully saturated rings. The van der Waals surface area contributed by atoms with Gasteiger partial charge in [-0.1, -0.05) is 37.3 Å². The van der Waals surface area contributed by atoms with Crippen LogP contribution in [-0.2, 0) is 16.0 Å². The molecule has 0 radical (unpaired) electrons. The summed E-state index contributed by atoms with van der Waals surface area (Å²) in [7, 11) is 1.60. The first kappa shape index (κ1) is 19.5. The van der Waals surface area contributed by atoms with Crippen molar-refractivity contribution in [3.05, 3.63) is 59.2 Å². The number of anilines is 1. The van der Waals surface area contributed by atoms with Crippen LogP contribution < -0.4 is 15.4 Å². The van der Waals surface area contributed by atoms with Gasteiger partial charge in [0.15, 0.2) is 0 Å². The Morgan fingerprint density at radius 3 is 2.38 bits per heavy atom. The van der Waals surface area contributed by atoms with Crippen molar-refractivity contribution in [2.75, 3.05) is 12.4 Å². The molecule has 1 atom stereocenters. The third-order valence-electron chi connectivity index (χ3n) is 4.29. The van der Waals surface area contributed by atoms with Gasteiger partial charge in [0.25, 0.3) is 0 Å². The average molecular weight is 354 g/mol. The second-order valence-corrected chi connectivity index (χ2v) is 6.24. The van der Waals surface area contributed by atoms with Crippen molar-refractivity contribution in [2.24, 2.45) is 0 Å². The molecule has 0 saturated carbocycles. The highest BCUT2D eigenvalue weighted by Crippen LogP contribution is 2.24. The molecular formula is C21H26N2O3. The van der Waals surface area contributed by atoms with Crippen molar-refractivity contribution >= 4 is 17.5 Å². The third kappa shape index (κ3) is 5.09. The summed E-state index contributed by atoms with van der Waals surface area (Å²) in [6.07, 6.45) is 0.994. The van der Waals surface area contributed by atoms with Crippen molar-refractivity contribution in [3.8, 4) is 5.75 Å². The first-order valence-corrected chi connectivity index (χ1v) is 8.74. The number of para-hydroxylation sites is 1. The van der Waals surface area contributed by atoms with Gasteiger partial charge in [-0.05, 0) is 42.2 Å². The minimum absolute atomic E-state index is 0.136. The predicted octanol–water partition coefficient (Wildman–Crippen LogP) is 3.77. The minimum atomic E-state index is -0.396. The number of hydrogen-bond donors (Lipinski definition) is 2. The second kappa shape index (κ2) is 9.04. The highest BCUT2D eigenvalue weighted by atomic mass is 16.5. The summed E-state index contributed by atoms with van der Waals surface area (Å²) in [6, 6.07) is 12.9. The SMILES string of the molecule is CCc1cccc(C)c1NC(=O)CC(NC(C)=O)c1ccc(OC)cc1. The van der Waals surface area contributed by atoms with Gasteiger partial charge in [0, 0.05) is 12.6 Å². The average Bonchev–Trinajstić information content (AvgIpc) is 2.62. The molecule has 0 saturated heterocycles. The molecule has 0 aliphatic rings. The normalized spacial score (nSPS) is 11.5. The molecule has 2 amide bonds. The lowest BCUT2D eigenvalue weighted by atomic mass is 10.0. The molecule has 26 heavy (non-hydrogen) atoms. The summed E-state index contributed by atoms with van der Waals surface area (Å²) < 4.78 is 5.16. The fraction of sp³-hybridized carbons (Fsp3) is 0.333.